The van der Waals surface area contributed by atoms with Crippen molar-refractivity contribution in [2.45, 2.75) is 33.1 Å². The molecule has 2 rings (SSSR count). The molecule has 3 heteroatoms. The van der Waals surface area contributed by atoms with Crippen LogP contribution in [0.2, 0.25) is 0 Å². The molecule has 0 bridgehead atoms. The van der Waals surface area contributed by atoms with Gasteiger partial charge in [0, 0.05) is 24.9 Å². The maximum absolute atomic E-state index is 10.7. The molecule has 3 nitrogen and oxygen atoms in total. The summed E-state index contributed by atoms with van der Waals surface area (Å²) < 4.78 is 0. The van der Waals surface area contributed by atoms with Gasteiger partial charge < -0.3 is 10.0 Å². The van der Waals surface area contributed by atoms with Gasteiger partial charge in [0.15, 0.2) is 0 Å². The van der Waals surface area contributed by atoms with Crippen molar-refractivity contribution < 1.29 is 9.90 Å². The maximum Gasteiger partial charge on any atom is 0.328 e. The number of aryl methyl sites for hydroxylation is 1. The first-order chi connectivity index (χ1) is 9.60. The van der Waals surface area contributed by atoms with Gasteiger partial charge in [0.2, 0.25) is 0 Å². The molecule has 0 aliphatic carbocycles. The van der Waals surface area contributed by atoms with Crippen LogP contribution in [-0.4, -0.2) is 24.2 Å². The summed E-state index contributed by atoms with van der Waals surface area (Å²) in [7, 11) is 0. The zero-order valence-electron chi connectivity index (χ0n) is 12.3. The molecule has 1 atom stereocenters. The molecule has 1 unspecified atom stereocenters. The van der Waals surface area contributed by atoms with E-state index in [0.717, 1.165) is 35.8 Å². The van der Waals surface area contributed by atoms with Gasteiger partial charge >= 0.3 is 5.97 Å². The Labute approximate surface area is 120 Å². The molecule has 1 aromatic carbocycles. The molecule has 0 aromatic heterocycles. The van der Waals surface area contributed by atoms with Crippen molar-refractivity contribution in [1.29, 1.82) is 0 Å². The molecular weight excluding hydrogens is 250 g/mol. The van der Waals surface area contributed by atoms with Gasteiger partial charge in [-0.3, -0.25) is 0 Å². The summed E-state index contributed by atoms with van der Waals surface area (Å²) in [5.74, 6) is -0.125. The second kappa shape index (κ2) is 6.60. The second-order valence-electron chi connectivity index (χ2n) is 5.62. The fraction of sp³-hybridized carbons (Fsp3) is 0.471. The summed E-state index contributed by atoms with van der Waals surface area (Å²) >= 11 is 0. The van der Waals surface area contributed by atoms with Gasteiger partial charge in [0.25, 0.3) is 0 Å². The smallest absolute Gasteiger partial charge is 0.328 e. The molecule has 1 heterocycles. The quantitative estimate of drug-likeness (QED) is 0.831. The topological polar surface area (TPSA) is 40.5 Å². The maximum atomic E-state index is 10.7. The van der Waals surface area contributed by atoms with E-state index in [9.17, 15) is 4.79 Å². The van der Waals surface area contributed by atoms with Gasteiger partial charge in [-0.05, 0) is 49.5 Å². The number of carboxylic acids is 1. The number of nitrogens with zero attached hydrogens (tertiary/aromatic N) is 1. The van der Waals surface area contributed by atoms with E-state index < -0.39 is 5.97 Å². The first kappa shape index (κ1) is 14.6. The minimum absolute atomic E-state index is 0.776. The summed E-state index contributed by atoms with van der Waals surface area (Å²) in [5.41, 5.74) is 3.32. The van der Waals surface area contributed by atoms with Gasteiger partial charge in [0.1, 0.15) is 0 Å². The van der Waals surface area contributed by atoms with E-state index in [1.807, 2.05) is 6.92 Å². The fourth-order valence-electron chi connectivity index (χ4n) is 2.95. The van der Waals surface area contributed by atoms with Crippen LogP contribution < -0.4 is 4.90 Å². The molecule has 0 amide bonds. The van der Waals surface area contributed by atoms with Crippen LogP contribution in [0.25, 0.3) is 6.08 Å². The number of hydrogen-bond donors (Lipinski definition) is 1. The molecule has 1 saturated heterocycles. The third-order valence-electron chi connectivity index (χ3n) is 3.91. The molecule has 0 saturated carbocycles. The molecule has 1 N–H and O–H groups in total. The Balaban J connectivity index is 2.21. The lowest BCUT2D eigenvalue weighted by Crippen LogP contribution is -2.20. The van der Waals surface area contributed by atoms with Crippen molar-refractivity contribution in [3.05, 3.63) is 35.4 Å². The summed E-state index contributed by atoms with van der Waals surface area (Å²) in [5, 5.41) is 8.81. The predicted molar refractivity (Wildman–Crippen MR) is 83.1 cm³/mol. The summed E-state index contributed by atoms with van der Waals surface area (Å²) in [6.45, 7) is 6.42. The van der Waals surface area contributed by atoms with Crippen LogP contribution >= 0.6 is 0 Å². The Morgan fingerprint density at radius 3 is 3.00 bits per heavy atom. The third kappa shape index (κ3) is 3.62. The normalized spacial score (nSPS) is 18.9. The van der Waals surface area contributed by atoms with E-state index in [-0.39, 0.29) is 0 Å². The van der Waals surface area contributed by atoms with Crippen LogP contribution in [0.5, 0.6) is 0 Å². The standard InChI is InChI=1S/C17H23NO2/c1-3-4-14-9-10-18(12-14)16-7-5-13(2)11-15(16)6-8-17(19)20/h5-8,11,14H,3-4,9-10,12H2,1-2H3,(H,19,20)/b8-6+. The van der Waals surface area contributed by atoms with E-state index in [1.165, 1.54) is 25.3 Å². The molecular formula is C17H23NO2. The largest absolute Gasteiger partial charge is 0.478 e. The number of anilines is 1. The number of hydrogen-bond acceptors (Lipinski definition) is 2. The van der Waals surface area contributed by atoms with Crippen LogP contribution in [0.15, 0.2) is 24.3 Å². The van der Waals surface area contributed by atoms with Crippen LogP contribution in [-0.2, 0) is 4.79 Å². The molecule has 1 aliphatic rings. The summed E-state index contributed by atoms with van der Waals surface area (Å²) in [6.07, 6.45) is 6.68. The average molecular weight is 273 g/mol. The van der Waals surface area contributed by atoms with Crippen LogP contribution in [0.1, 0.15) is 37.3 Å². The van der Waals surface area contributed by atoms with Gasteiger partial charge in [-0.15, -0.1) is 0 Å². The minimum Gasteiger partial charge on any atom is -0.478 e. The van der Waals surface area contributed by atoms with E-state index in [1.54, 1.807) is 6.08 Å². The predicted octanol–water partition coefficient (Wildman–Crippen LogP) is 3.72. The molecule has 1 fully saturated rings. The number of benzene rings is 1. The molecule has 1 aromatic rings. The van der Waals surface area contributed by atoms with Crippen molar-refractivity contribution in [3.63, 3.8) is 0 Å². The highest BCUT2D eigenvalue weighted by Crippen LogP contribution is 2.30. The van der Waals surface area contributed by atoms with Gasteiger partial charge in [0.05, 0.1) is 0 Å². The molecule has 20 heavy (non-hydrogen) atoms. The Kier molecular flexibility index (Phi) is 4.83. The highest BCUT2D eigenvalue weighted by atomic mass is 16.4. The van der Waals surface area contributed by atoms with Crippen molar-refractivity contribution in [3.8, 4) is 0 Å². The average Bonchev–Trinajstić information content (AvgIpc) is 2.85. The van der Waals surface area contributed by atoms with Crippen LogP contribution in [0.4, 0.5) is 5.69 Å². The monoisotopic (exact) mass is 273 g/mol. The highest BCUT2D eigenvalue weighted by molar-refractivity contribution is 5.87. The summed E-state index contributed by atoms with van der Waals surface area (Å²) in [6, 6.07) is 6.27. The van der Waals surface area contributed by atoms with E-state index in [0.29, 0.717) is 0 Å². The number of rotatable bonds is 5. The van der Waals surface area contributed by atoms with E-state index in [4.69, 9.17) is 5.11 Å². The van der Waals surface area contributed by atoms with Crippen molar-refractivity contribution in [1.82, 2.24) is 0 Å². The van der Waals surface area contributed by atoms with Crippen molar-refractivity contribution in [2.75, 3.05) is 18.0 Å². The second-order valence-corrected chi connectivity index (χ2v) is 5.62. The minimum atomic E-state index is -0.900. The van der Waals surface area contributed by atoms with Crippen LogP contribution in [0, 0.1) is 12.8 Å². The lowest BCUT2D eigenvalue weighted by Gasteiger charge is -2.21. The SMILES string of the molecule is CCCC1CCN(c2ccc(C)cc2/C=C/C(=O)O)C1. The van der Waals surface area contributed by atoms with Gasteiger partial charge in [-0.2, -0.15) is 0 Å². The lowest BCUT2D eigenvalue weighted by molar-refractivity contribution is -0.131. The third-order valence-corrected chi connectivity index (χ3v) is 3.91. The first-order valence-corrected chi connectivity index (χ1v) is 7.36. The number of aliphatic carboxylic acids is 1. The Bertz CT molecular complexity index is 508. The molecule has 108 valence electrons. The molecule has 1 aliphatic heterocycles. The first-order valence-electron chi connectivity index (χ1n) is 7.36. The van der Waals surface area contributed by atoms with Gasteiger partial charge in [-0.1, -0.05) is 25.0 Å². The number of carbonyl (C=O) groups is 1. The van der Waals surface area contributed by atoms with E-state index in [2.05, 4.69) is 30.0 Å². The van der Waals surface area contributed by atoms with Crippen molar-refractivity contribution >= 4 is 17.7 Å². The van der Waals surface area contributed by atoms with Gasteiger partial charge in [-0.25, -0.2) is 4.79 Å². The fourth-order valence-corrected chi connectivity index (χ4v) is 2.95. The Morgan fingerprint density at radius 1 is 1.50 bits per heavy atom. The molecule has 0 spiro atoms. The van der Waals surface area contributed by atoms with E-state index >= 15 is 0 Å². The lowest BCUT2D eigenvalue weighted by atomic mass is 10.0. The molecule has 0 radical (unpaired) electrons. The summed E-state index contributed by atoms with van der Waals surface area (Å²) in [4.78, 5) is 13.1. The zero-order valence-corrected chi connectivity index (χ0v) is 12.3. The Morgan fingerprint density at radius 2 is 2.30 bits per heavy atom. The highest BCUT2D eigenvalue weighted by Gasteiger charge is 2.23. The number of carboxylic acid groups (broad SMARTS) is 1. The van der Waals surface area contributed by atoms with Crippen LogP contribution in [0.3, 0.4) is 0 Å². The van der Waals surface area contributed by atoms with Crippen molar-refractivity contribution in [2.24, 2.45) is 5.92 Å². The Hall–Kier alpha value is -1.77. The zero-order chi connectivity index (χ0) is 14.5.